The van der Waals surface area contributed by atoms with Gasteiger partial charge in [0.15, 0.2) is 11.5 Å². The molecule has 0 unspecified atom stereocenters. The molecule has 0 amide bonds. The number of rotatable bonds is 5. The second kappa shape index (κ2) is 6.76. The number of benzene rings is 2. The van der Waals surface area contributed by atoms with Crippen molar-refractivity contribution in [2.24, 2.45) is 0 Å². The number of aromatic amines is 1. The van der Waals surface area contributed by atoms with E-state index in [9.17, 15) is 4.39 Å². The largest absolute Gasteiger partial charge is 0.497 e. The molecule has 3 aromatic heterocycles. The number of imidazole rings is 2. The smallest absolute Gasteiger partial charge is 0.239 e. The predicted octanol–water partition coefficient (Wildman–Crippen LogP) is 4.46. The highest BCUT2D eigenvalue weighted by molar-refractivity contribution is 5.86. The van der Waals surface area contributed by atoms with E-state index < -0.39 is 0 Å². The van der Waals surface area contributed by atoms with Gasteiger partial charge in [0.25, 0.3) is 0 Å². The molecule has 1 fully saturated rings. The van der Waals surface area contributed by atoms with Gasteiger partial charge in [-0.25, -0.2) is 14.4 Å². The summed E-state index contributed by atoms with van der Waals surface area (Å²) in [6.45, 7) is 0. The summed E-state index contributed by atoms with van der Waals surface area (Å²) in [6.07, 6.45) is 3.68. The molecular formula is C22H18FN7O. The van der Waals surface area contributed by atoms with Crippen molar-refractivity contribution in [1.29, 1.82) is 0 Å². The number of nitrogens with zero attached hydrogens (tertiary/aromatic N) is 5. The van der Waals surface area contributed by atoms with E-state index in [0.717, 1.165) is 35.6 Å². The molecule has 9 heteroatoms. The van der Waals surface area contributed by atoms with Crippen LogP contribution in [0.3, 0.4) is 0 Å². The monoisotopic (exact) mass is 415 g/mol. The Morgan fingerprint density at radius 3 is 2.71 bits per heavy atom. The van der Waals surface area contributed by atoms with E-state index in [0.29, 0.717) is 34.4 Å². The number of anilines is 2. The first-order valence-corrected chi connectivity index (χ1v) is 10.00. The molecule has 8 nitrogen and oxygen atoms in total. The average molecular weight is 415 g/mol. The van der Waals surface area contributed by atoms with Crippen molar-refractivity contribution in [2.75, 3.05) is 12.4 Å². The molecule has 0 bridgehead atoms. The fourth-order valence-corrected chi connectivity index (χ4v) is 3.72. The number of ether oxygens (including phenoxy) is 1. The maximum atomic E-state index is 14.1. The minimum absolute atomic E-state index is 0.326. The molecule has 3 heterocycles. The van der Waals surface area contributed by atoms with Gasteiger partial charge in [0, 0.05) is 17.7 Å². The number of H-pyrrole nitrogens is 1. The van der Waals surface area contributed by atoms with Gasteiger partial charge in [-0.05, 0) is 49.2 Å². The summed E-state index contributed by atoms with van der Waals surface area (Å²) in [7, 11) is 1.63. The quantitative estimate of drug-likeness (QED) is 0.440. The lowest BCUT2D eigenvalue weighted by Crippen LogP contribution is -2.08. The van der Waals surface area contributed by atoms with Crippen LogP contribution in [0.15, 0.2) is 48.8 Å². The normalized spacial score (nSPS) is 13.7. The Labute approximate surface area is 176 Å². The van der Waals surface area contributed by atoms with Gasteiger partial charge in [-0.15, -0.1) is 0 Å². The number of fused-ring (bicyclic) bond motifs is 2. The zero-order valence-corrected chi connectivity index (χ0v) is 16.6. The minimum atomic E-state index is -0.326. The highest BCUT2D eigenvalue weighted by Gasteiger charge is 2.31. The van der Waals surface area contributed by atoms with Crippen LogP contribution in [-0.2, 0) is 0 Å². The van der Waals surface area contributed by atoms with Gasteiger partial charge in [0.1, 0.15) is 22.9 Å². The first kappa shape index (κ1) is 17.8. The molecule has 2 N–H and O–H groups in total. The number of methoxy groups -OCH3 is 1. The maximum Gasteiger partial charge on any atom is 0.239 e. The Morgan fingerprint density at radius 2 is 1.94 bits per heavy atom. The molecule has 2 aromatic carbocycles. The number of aromatic nitrogens is 6. The van der Waals surface area contributed by atoms with Gasteiger partial charge < -0.3 is 15.0 Å². The summed E-state index contributed by atoms with van der Waals surface area (Å²) >= 11 is 0. The van der Waals surface area contributed by atoms with Crippen molar-refractivity contribution in [3.63, 3.8) is 0 Å². The standard InChI is InChI=1S/C22H18FN7O/c1-31-15-7-5-14(6-8-15)26-20-18-19(25-11-24-18)28-22(29-20)30-17-10-13(23)4-9-16(17)27-21(30)12-2-3-12/h4-12H,2-3H2,1H3,(H2,24,25,26,28,29). The van der Waals surface area contributed by atoms with Crippen molar-refractivity contribution in [3.8, 4) is 11.7 Å². The molecule has 5 aromatic rings. The number of hydrogen-bond donors (Lipinski definition) is 2. The van der Waals surface area contributed by atoms with E-state index in [1.807, 2.05) is 28.8 Å². The summed E-state index contributed by atoms with van der Waals surface area (Å²) < 4.78 is 21.1. The Morgan fingerprint density at radius 1 is 1.10 bits per heavy atom. The van der Waals surface area contributed by atoms with E-state index in [-0.39, 0.29) is 5.82 Å². The van der Waals surface area contributed by atoms with Gasteiger partial charge in [-0.2, -0.15) is 9.97 Å². The Bertz CT molecular complexity index is 1420. The fraction of sp³-hybridized carbons (Fsp3) is 0.182. The van der Waals surface area contributed by atoms with Crippen molar-refractivity contribution in [3.05, 3.63) is 60.4 Å². The second-order valence-corrected chi connectivity index (χ2v) is 7.54. The van der Waals surface area contributed by atoms with Gasteiger partial charge in [-0.1, -0.05) is 0 Å². The van der Waals surface area contributed by atoms with Crippen molar-refractivity contribution < 1.29 is 9.13 Å². The van der Waals surface area contributed by atoms with E-state index in [2.05, 4.69) is 20.3 Å². The topological polar surface area (TPSA) is 93.5 Å². The molecule has 0 aliphatic heterocycles. The summed E-state index contributed by atoms with van der Waals surface area (Å²) in [5, 5.41) is 3.32. The lowest BCUT2D eigenvalue weighted by molar-refractivity contribution is 0.415. The Balaban J connectivity index is 1.53. The minimum Gasteiger partial charge on any atom is -0.497 e. The summed E-state index contributed by atoms with van der Waals surface area (Å²) in [6, 6.07) is 12.1. The van der Waals surface area contributed by atoms with Crippen molar-refractivity contribution >= 4 is 33.7 Å². The van der Waals surface area contributed by atoms with Gasteiger partial charge in [0.05, 0.1) is 24.5 Å². The molecule has 0 radical (unpaired) electrons. The maximum absolute atomic E-state index is 14.1. The number of halogens is 1. The van der Waals surface area contributed by atoms with E-state index in [1.165, 1.54) is 12.1 Å². The van der Waals surface area contributed by atoms with Gasteiger partial charge in [-0.3, -0.25) is 4.57 Å². The first-order chi connectivity index (χ1) is 15.2. The molecule has 0 saturated heterocycles. The molecule has 1 aliphatic carbocycles. The summed E-state index contributed by atoms with van der Waals surface area (Å²) in [5.74, 6) is 2.60. The van der Waals surface area contributed by atoms with Crippen molar-refractivity contribution in [1.82, 2.24) is 29.5 Å². The zero-order valence-electron chi connectivity index (χ0n) is 16.6. The highest BCUT2D eigenvalue weighted by atomic mass is 19.1. The van der Waals surface area contributed by atoms with Crippen LogP contribution in [0.1, 0.15) is 24.6 Å². The summed E-state index contributed by atoms with van der Waals surface area (Å²) in [4.78, 5) is 21.6. The fourth-order valence-electron chi connectivity index (χ4n) is 3.72. The lowest BCUT2D eigenvalue weighted by Gasteiger charge is -2.11. The molecule has 1 saturated carbocycles. The lowest BCUT2D eigenvalue weighted by atomic mass is 10.3. The van der Waals surface area contributed by atoms with Crippen LogP contribution in [0, 0.1) is 5.82 Å². The molecular weight excluding hydrogens is 397 g/mol. The molecule has 0 atom stereocenters. The van der Waals surface area contributed by atoms with Crippen LogP contribution >= 0.6 is 0 Å². The van der Waals surface area contributed by atoms with Crippen LogP contribution in [0.4, 0.5) is 15.9 Å². The molecule has 6 rings (SSSR count). The van der Waals surface area contributed by atoms with Gasteiger partial charge in [0.2, 0.25) is 5.95 Å². The second-order valence-electron chi connectivity index (χ2n) is 7.54. The van der Waals surface area contributed by atoms with Crippen LogP contribution in [-0.4, -0.2) is 36.6 Å². The van der Waals surface area contributed by atoms with E-state index in [1.54, 1.807) is 19.5 Å². The SMILES string of the molecule is COc1ccc(Nc2nc(-n3c(C4CC4)nc4ccc(F)cc43)nc3nc[nH]c23)cc1. The van der Waals surface area contributed by atoms with E-state index >= 15 is 0 Å². The predicted molar refractivity (Wildman–Crippen MR) is 115 cm³/mol. The van der Waals surface area contributed by atoms with Crippen molar-refractivity contribution in [2.45, 2.75) is 18.8 Å². The summed E-state index contributed by atoms with van der Waals surface area (Å²) in [5.41, 5.74) is 3.40. The highest BCUT2D eigenvalue weighted by Crippen LogP contribution is 2.41. The molecule has 31 heavy (non-hydrogen) atoms. The van der Waals surface area contributed by atoms with Gasteiger partial charge >= 0.3 is 0 Å². The molecule has 154 valence electrons. The van der Waals surface area contributed by atoms with Crippen LogP contribution in [0.25, 0.3) is 28.1 Å². The average Bonchev–Trinajstić information content (AvgIpc) is 3.40. The molecule has 1 aliphatic rings. The first-order valence-electron chi connectivity index (χ1n) is 10.00. The zero-order chi connectivity index (χ0) is 20.9. The van der Waals surface area contributed by atoms with E-state index in [4.69, 9.17) is 14.7 Å². The van der Waals surface area contributed by atoms with Crippen LogP contribution in [0.5, 0.6) is 5.75 Å². The number of hydrogen-bond acceptors (Lipinski definition) is 6. The third-order valence-electron chi connectivity index (χ3n) is 5.41. The van der Waals surface area contributed by atoms with Crippen LogP contribution < -0.4 is 10.1 Å². The third kappa shape index (κ3) is 3.05. The Hall–Kier alpha value is -4.01. The molecule has 0 spiro atoms. The van der Waals surface area contributed by atoms with Crippen LogP contribution in [0.2, 0.25) is 0 Å². The number of nitrogens with one attached hydrogen (secondary N) is 2. The third-order valence-corrected chi connectivity index (χ3v) is 5.41. The Kier molecular flexibility index (Phi) is 3.89.